The van der Waals surface area contributed by atoms with Gasteiger partial charge in [0.15, 0.2) is 0 Å². The summed E-state index contributed by atoms with van der Waals surface area (Å²) in [5, 5.41) is 2.66. The minimum Gasteiger partial charge on any atom is -0.256 e. The fourth-order valence-electron chi connectivity index (χ4n) is 5.18. The monoisotopic (exact) mass is 431 g/mol. The standard InChI is InChI=1S/C33H21N/c1-2-7-22(8-3-1)26-17-18-32(34-21-26)24-15-13-23(14-16-24)27-19-25-9-6-12-30-28-10-4-5-11-29(28)31(20-27)33(25)30/h1-21H. The van der Waals surface area contributed by atoms with Crippen molar-refractivity contribution in [1.29, 1.82) is 0 Å². The summed E-state index contributed by atoms with van der Waals surface area (Å²) in [7, 11) is 0. The van der Waals surface area contributed by atoms with Gasteiger partial charge in [-0.3, -0.25) is 4.98 Å². The Kier molecular flexibility index (Phi) is 4.22. The highest BCUT2D eigenvalue weighted by Gasteiger charge is 2.21. The van der Waals surface area contributed by atoms with E-state index in [1.54, 1.807) is 0 Å². The van der Waals surface area contributed by atoms with Crippen molar-refractivity contribution in [3.63, 3.8) is 0 Å². The molecule has 0 amide bonds. The smallest absolute Gasteiger partial charge is 0.0702 e. The van der Waals surface area contributed by atoms with Crippen LogP contribution in [0.1, 0.15) is 0 Å². The minimum atomic E-state index is 0.988. The zero-order valence-corrected chi connectivity index (χ0v) is 18.6. The highest BCUT2D eigenvalue weighted by atomic mass is 14.7. The van der Waals surface area contributed by atoms with E-state index in [2.05, 4.69) is 115 Å². The predicted molar refractivity (Wildman–Crippen MR) is 142 cm³/mol. The first-order valence-corrected chi connectivity index (χ1v) is 11.6. The largest absolute Gasteiger partial charge is 0.256 e. The first-order chi connectivity index (χ1) is 16.8. The molecule has 1 heteroatoms. The maximum Gasteiger partial charge on any atom is 0.0702 e. The van der Waals surface area contributed by atoms with Crippen molar-refractivity contribution in [1.82, 2.24) is 4.98 Å². The molecule has 0 spiro atoms. The number of hydrogen-bond acceptors (Lipinski definition) is 1. The van der Waals surface area contributed by atoms with E-state index in [9.17, 15) is 0 Å². The van der Waals surface area contributed by atoms with Gasteiger partial charge in [-0.1, -0.05) is 103 Å². The van der Waals surface area contributed by atoms with Crippen LogP contribution in [-0.2, 0) is 0 Å². The van der Waals surface area contributed by atoms with Gasteiger partial charge in [-0.15, -0.1) is 0 Å². The van der Waals surface area contributed by atoms with Gasteiger partial charge in [-0.25, -0.2) is 0 Å². The highest BCUT2D eigenvalue weighted by molar-refractivity contribution is 6.16. The van der Waals surface area contributed by atoms with Crippen molar-refractivity contribution >= 4 is 10.8 Å². The lowest BCUT2D eigenvalue weighted by atomic mass is 9.95. The number of rotatable bonds is 3. The fraction of sp³-hybridized carbons (Fsp3) is 0. The molecule has 0 fully saturated rings. The number of aromatic nitrogens is 1. The molecule has 0 radical (unpaired) electrons. The number of hydrogen-bond donors (Lipinski definition) is 0. The quantitative estimate of drug-likeness (QED) is 0.272. The van der Waals surface area contributed by atoms with Crippen molar-refractivity contribution in [3.8, 4) is 55.8 Å². The van der Waals surface area contributed by atoms with Gasteiger partial charge >= 0.3 is 0 Å². The number of benzene rings is 5. The Bertz CT molecular complexity index is 1660. The van der Waals surface area contributed by atoms with E-state index < -0.39 is 0 Å². The van der Waals surface area contributed by atoms with Gasteiger partial charge in [0.05, 0.1) is 5.69 Å². The van der Waals surface area contributed by atoms with E-state index in [1.807, 2.05) is 12.3 Å². The van der Waals surface area contributed by atoms with E-state index in [0.29, 0.717) is 0 Å². The maximum atomic E-state index is 4.73. The topological polar surface area (TPSA) is 12.9 Å². The number of pyridine rings is 1. The highest BCUT2D eigenvalue weighted by Crippen LogP contribution is 2.48. The first kappa shape index (κ1) is 19.0. The van der Waals surface area contributed by atoms with Crippen LogP contribution in [0.4, 0.5) is 0 Å². The van der Waals surface area contributed by atoms with Crippen LogP contribution in [-0.4, -0.2) is 4.98 Å². The Balaban J connectivity index is 1.25. The van der Waals surface area contributed by atoms with Gasteiger partial charge < -0.3 is 0 Å². The lowest BCUT2D eigenvalue weighted by molar-refractivity contribution is 1.32. The molecule has 0 unspecified atom stereocenters. The molecule has 158 valence electrons. The fourth-order valence-corrected chi connectivity index (χ4v) is 5.18. The second-order valence-electron chi connectivity index (χ2n) is 8.85. The summed E-state index contributed by atoms with van der Waals surface area (Å²) >= 11 is 0. The van der Waals surface area contributed by atoms with Gasteiger partial charge in [0, 0.05) is 17.3 Å². The summed E-state index contributed by atoms with van der Waals surface area (Å²) in [6.45, 7) is 0. The van der Waals surface area contributed by atoms with Gasteiger partial charge in [-0.05, 0) is 67.9 Å². The Hall–Kier alpha value is -4.49. The van der Waals surface area contributed by atoms with Gasteiger partial charge in [0.2, 0.25) is 0 Å². The maximum absolute atomic E-state index is 4.73. The summed E-state index contributed by atoms with van der Waals surface area (Å²) in [6.07, 6.45) is 1.96. The van der Waals surface area contributed by atoms with Crippen LogP contribution in [0.15, 0.2) is 128 Å². The third kappa shape index (κ3) is 2.98. The lowest BCUT2D eigenvalue weighted by Gasteiger charge is -2.09. The van der Waals surface area contributed by atoms with Crippen LogP contribution < -0.4 is 0 Å². The van der Waals surface area contributed by atoms with Gasteiger partial charge in [0.1, 0.15) is 0 Å². The van der Waals surface area contributed by atoms with E-state index >= 15 is 0 Å². The van der Waals surface area contributed by atoms with Crippen LogP contribution in [0.3, 0.4) is 0 Å². The van der Waals surface area contributed by atoms with E-state index in [-0.39, 0.29) is 0 Å². The zero-order valence-electron chi connectivity index (χ0n) is 18.6. The molecule has 5 aromatic carbocycles. The van der Waals surface area contributed by atoms with Crippen molar-refractivity contribution in [2.75, 3.05) is 0 Å². The predicted octanol–water partition coefficient (Wildman–Crippen LogP) is 8.88. The van der Waals surface area contributed by atoms with Gasteiger partial charge in [-0.2, -0.15) is 0 Å². The van der Waals surface area contributed by atoms with Crippen molar-refractivity contribution in [2.24, 2.45) is 0 Å². The van der Waals surface area contributed by atoms with E-state index in [0.717, 1.165) is 16.8 Å². The molecule has 1 heterocycles. The Morgan fingerprint density at radius 1 is 0.382 bits per heavy atom. The molecular weight excluding hydrogens is 410 g/mol. The van der Waals surface area contributed by atoms with Crippen molar-refractivity contribution < 1.29 is 0 Å². The molecule has 0 atom stereocenters. The number of nitrogens with zero attached hydrogens (tertiary/aromatic N) is 1. The molecule has 0 aliphatic heterocycles. The molecule has 1 aliphatic rings. The molecule has 1 aromatic heterocycles. The van der Waals surface area contributed by atoms with Crippen LogP contribution in [0, 0.1) is 0 Å². The Morgan fingerprint density at radius 3 is 1.79 bits per heavy atom. The Morgan fingerprint density at radius 2 is 1.03 bits per heavy atom. The molecule has 0 saturated heterocycles. The third-order valence-corrected chi connectivity index (χ3v) is 6.87. The number of fused-ring (bicyclic) bond motifs is 3. The zero-order chi connectivity index (χ0) is 22.5. The lowest BCUT2D eigenvalue weighted by Crippen LogP contribution is -1.86. The van der Waals surface area contributed by atoms with Gasteiger partial charge in [0.25, 0.3) is 0 Å². The normalized spacial score (nSPS) is 11.5. The summed E-state index contributed by atoms with van der Waals surface area (Å²) in [6, 6.07) is 43.4. The average molecular weight is 432 g/mol. The SMILES string of the molecule is c1ccc(-c2ccc(-c3ccc(-c4cc5c6c(cccc6c4)-c4ccccc4-5)cc3)nc2)cc1. The second-order valence-corrected chi connectivity index (χ2v) is 8.85. The third-order valence-electron chi connectivity index (χ3n) is 6.87. The first-order valence-electron chi connectivity index (χ1n) is 11.6. The Labute approximate surface area is 199 Å². The van der Waals surface area contributed by atoms with E-state index in [1.165, 1.54) is 49.7 Å². The van der Waals surface area contributed by atoms with Crippen molar-refractivity contribution in [3.05, 3.63) is 128 Å². The molecule has 0 saturated carbocycles. The van der Waals surface area contributed by atoms with Crippen LogP contribution in [0.25, 0.3) is 66.5 Å². The summed E-state index contributed by atoms with van der Waals surface area (Å²) in [4.78, 5) is 4.73. The molecule has 1 nitrogen and oxygen atoms in total. The molecule has 0 N–H and O–H groups in total. The summed E-state index contributed by atoms with van der Waals surface area (Å²) in [5.74, 6) is 0. The molecule has 1 aliphatic carbocycles. The van der Waals surface area contributed by atoms with Crippen LogP contribution in [0.5, 0.6) is 0 Å². The summed E-state index contributed by atoms with van der Waals surface area (Å²) < 4.78 is 0. The molecular formula is C33H21N. The summed E-state index contributed by atoms with van der Waals surface area (Å²) in [5.41, 5.74) is 12.2. The minimum absolute atomic E-state index is 0.988. The molecule has 34 heavy (non-hydrogen) atoms. The van der Waals surface area contributed by atoms with E-state index in [4.69, 9.17) is 4.98 Å². The van der Waals surface area contributed by atoms with Crippen molar-refractivity contribution in [2.45, 2.75) is 0 Å². The average Bonchev–Trinajstić information content (AvgIpc) is 3.25. The molecule has 6 aromatic rings. The second kappa shape index (κ2) is 7.54. The van der Waals surface area contributed by atoms with Crippen LogP contribution >= 0.6 is 0 Å². The van der Waals surface area contributed by atoms with Crippen LogP contribution in [0.2, 0.25) is 0 Å². The molecule has 7 rings (SSSR count). The molecule has 0 bridgehead atoms.